The molecule has 1 amide bonds. The standard InChI is InChI=1S/C19H21FN6O/c20-13-8-12(9-21-10-13)16-2-1-6-25(16)17-5-7-26-18(24-17)15(11-22-26)19(27)23-14-3-4-14/h5,7-8,10-12,14,16H,1-4,6,9H2,(H,23,27)/t12?,16-/m1/s1. The molecule has 27 heavy (non-hydrogen) atoms. The van der Waals surface area contributed by atoms with E-state index in [1.54, 1.807) is 16.8 Å². The number of nitrogens with one attached hydrogen (secondary N) is 1. The molecule has 1 N–H and O–H groups in total. The summed E-state index contributed by atoms with van der Waals surface area (Å²) in [5.74, 6) is 0.450. The number of rotatable bonds is 4. The summed E-state index contributed by atoms with van der Waals surface area (Å²) in [7, 11) is 0. The lowest BCUT2D eigenvalue weighted by Gasteiger charge is -2.31. The number of hydrogen-bond acceptors (Lipinski definition) is 5. The highest BCUT2D eigenvalue weighted by Crippen LogP contribution is 2.31. The maximum Gasteiger partial charge on any atom is 0.256 e. The summed E-state index contributed by atoms with van der Waals surface area (Å²) in [6.45, 7) is 1.46. The highest BCUT2D eigenvalue weighted by atomic mass is 19.1. The first kappa shape index (κ1) is 16.4. The molecule has 4 heterocycles. The van der Waals surface area contributed by atoms with Gasteiger partial charge in [0, 0.05) is 37.3 Å². The molecule has 2 aromatic rings. The van der Waals surface area contributed by atoms with Gasteiger partial charge in [0.2, 0.25) is 0 Å². The van der Waals surface area contributed by atoms with Crippen LogP contribution in [-0.2, 0) is 0 Å². The predicted octanol–water partition coefficient (Wildman–Crippen LogP) is 2.14. The van der Waals surface area contributed by atoms with Crippen LogP contribution in [0.15, 0.2) is 35.4 Å². The number of dihydropyridines is 1. The zero-order valence-corrected chi connectivity index (χ0v) is 14.9. The number of carbonyl (C=O) groups is 1. The maximum absolute atomic E-state index is 13.7. The normalized spacial score (nSPS) is 25.1. The van der Waals surface area contributed by atoms with Crippen molar-refractivity contribution in [2.45, 2.75) is 37.8 Å². The van der Waals surface area contributed by atoms with Gasteiger partial charge in [-0.25, -0.2) is 13.9 Å². The third-order valence-corrected chi connectivity index (χ3v) is 5.50. The van der Waals surface area contributed by atoms with E-state index in [9.17, 15) is 9.18 Å². The summed E-state index contributed by atoms with van der Waals surface area (Å²) in [6.07, 6.45) is 10.4. The number of hydrogen-bond donors (Lipinski definition) is 1. The van der Waals surface area contributed by atoms with Gasteiger partial charge in [-0.15, -0.1) is 0 Å². The molecule has 1 aliphatic carbocycles. The van der Waals surface area contributed by atoms with E-state index in [-0.39, 0.29) is 29.7 Å². The molecule has 2 atom stereocenters. The lowest BCUT2D eigenvalue weighted by atomic mass is 9.95. The molecule has 1 unspecified atom stereocenters. The van der Waals surface area contributed by atoms with Crippen molar-refractivity contribution in [3.63, 3.8) is 0 Å². The third kappa shape index (κ3) is 3.09. The Labute approximate surface area is 156 Å². The summed E-state index contributed by atoms with van der Waals surface area (Å²) in [5, 5.41) is 7.24. The number of carbonyl (C=O) groups excluding carboxylic acids is 1. The minimum absolute atomic E-state index is 0.0399. The van der Waals surface area contributed by atoms with Crippen molar-refractivity contribution in [2.75, 3.05) is 18.0 Å². The fourth-order valence-corrected chi connectivity index (χ4v) is 3.99. The average molecular weight is 368 g/mol. The number of fused-ring (bicyclic) bond motifs is 1. The molecule has 5 rings (SSSR count). The lowest BCUT2D eigenvalue weighted by Crippen LogP contribution is -2.37. The Kier molecular flexibility index (Phi) is 3.91. The summed E-state index contributed by atoms with van der Waals surface area (Å²) in [5.41, 5.74) is 1.05. The second kappa shape index (κ2) is 6.44. The SMILES string of the molecule is O=C(NC1CC1)c1cnn2ccc(N3CCC[C@@H]3C3C=C(F)C=NC3)nc12. The first-order chi connectivity index (χ1) is 13.2. The van der Waals surface area contributed by atoms with Crippen molar-refractivity contribution >= 4 is 23.6 Å². The first-order valence-electron chi connectivity index (χ1n) is 9.48. The summed E-state index contributed by atoms with van der Waals surface area (Å²) >= 11 is 0. The number of allylic oxidation sites excluding steroid dienone is 1. The van der Waals surface area contributed by atoms with E-state index in [2.05, 4.69) is 20.3 Å². The van der Waals surface area contributed by atoms with E-state index < -0.39 is 0 Å². The summed E-state index contributed by atoms with van der Waals surface area (Å²) in [4.78, 5) is 23.6. The smallest absolute Gasteiger partial charge is 0.256 e. The van der Waals surface area contributed by atoms with Crippen molar-refractivity contribution in [3.05, 3.63) is 35.9 Å². The monoisotopic (exact) mass is 368 g/mol. The molecule has 0 bridgehead atoms. The van der Waals surface area contributed by atoms with Gasteiger partial charge in [-0.3, -0.25) is 9.79 Å². The minimum atomic E-state index is -0.267. The molecule has 0 radical (unpaired) electrons. The number of aliphatic imine (C=N–C) groups is 1. The molecule has 1 saturated heterocycles. The second-order valence-corrected chi connectivity index (χ2v) is 7.47. The van der Waals surface area contributed by atoms with Gasteiger partial charge in [-0.2, -0.15) is 5.10 Å². The van der Waals surface area contributed by atoms with E-state index in [0.717, 1.165) is 38.0 Å². The molecule has 140 valence electrons. The molecule has 7 nitrogen and oxygen atoms in total. The lowest BCUT2D eigenvalue weighted by molar-refractivity contribution is 0.0952. The van der Waals surface area contributed by atoms with E-state index in [1.165, 1.54) is 6.21 Å². The van der Waals surface area contributed by atoms with Gasteiger partial charge in [0.05, 0.1) is 12.4 Å². The Morgan fingerprint density at radius 3 is 3.00 bits per heavy atom. The van der Waals surface area contributed by atoms with Crippen LogP contribution in [0, 0.1) is 5.92 Å². The van der Waals surface area contributed by atoms with Gasteiger partial charge in [0.1, 0.15) is 17.2 Å². The van der Waals surface area contributed by atoms with Gasteiger partial charge in [-0.1, -0.05) is 0 Å². The Bertz CT molecular complexity index is 947. The van der Waals surface area contributed by atoms with Crippen molar-refractivity contribution in [3.8, 4) is 0 Å². The fourth-order valence-electron chi connectivity index (χ4n) is 3.99. The van der Waals surface area contributed by atoms with Crippen LogP contribution in [0.4, 0.5) is 10.2 Å². The number of anilines is 1. The van der Waals surface area contributed by atoms with Crippen LogP contribution in [0.5, 0.6) is 0 Å². The molecule has 8 heteroatoms. The van der Waals surface area contributed by atoms with Gasteiger partial charge in [0.25, 0.3) is 5.91 Å². The number of amides is 1. The van der Waals surface area contributed by atoms with Crippen molar-refractivity contribution < 1.29 is 9.18 Å². The third-order valence-electron chi connectivity index (χ3n) is 5.50. The zero-order chi connectivity index (χ0) is 18.4. The molecule has 3 aliphatic rings. The Hall–Kier alpha value is -2.77. The molecule has 2 aliphatic heterocycles. The summed E-state index contributed by atoms with van der Waals surface area (Å²) in [6, 6.07) is 2.36. The van der Waals surface area contributed by atoms with Crippen LogP contribution in [0.2, 0.25) is 0 Å². The quantitative estimate of drug-likeness (QED) is 0.897. The van der Waals surface area contributed by atoms with Crippen LogP contribution in [0.1, 0.15) is 36.0 Å². The van der Waals surface area contributed by atoms with Gasteiger partial charge < -0.3 is 10.2 Å². The van der Waals surface area contributed by atoms with Gasteiger partial charge in [-0.05, 0) is 37.8 Å². The molecule has 1 saturated carbocycles. The molecular weight excluding hydrogens is 347 g/mol. The van der Waals surface area contributed by atoms with Crippen LogP contribution < -0.4 is 10.2 Å². The van der Waals surface area contributed by atoms with Crippen molar-refractivity contribution in [2.24, 2.45) is 10.9 Å². The molecule has 0 aromatic carbocycles. The number of aromatic nitrogens is 3. The second-order valence-electron chi connectivity index (χ2n) is 7.47. The Balaban J connectivity index is 1.45. The van der Waals surface area contributed by atoms with Gasteiger partial charge >= 0.3 is 0 Å². The van der Waals surface area contributed by atoms with Gasteiger partial charge in [0.15, 0.2) is 5.65 Å². The predicted molar refractivity (Wildman–Crippen MR) is 99.9 cm³/mol. The van der Waals surface area contributed by atoms with Crippen LogP contribution >= 0.6 is 0 Å². The highest BCUT2D eigenvalue weighted by molar-refractivity contribution is 6.00. The largest absolute Gasteiger partial charge is 0.353 e. The zero-order valence-electron chi connectivity index (χ0n) is 14.9. The van der Waals surface area contributed by atoms with E-state index in [0.29, 0.717) is 17.8 Å². The number of halogens is 1. The average Bonchev–Trinajstić information content (AvgIpc) is 3.20. The first-order valence-corrected chi connectivity index (χ1v) is 9.48. The maximum atomic E-state index is 13.7. The summed E-state index contributed by atoms with van der Waals surface area (Å²) < 4.78 is 15.3. The van der Waals surface area contributed by atoms with E-state index in [1.807, 2.05) is 12.3 Å². The molecular formula is C19H21FN6O. The van der Waals surface area contributed by atoms with Crippen LogP contribution in [0.3, 0.4) is 0 Å². The molecule has 2 fully saturated rings. The van der Waals surface area contributed by atoms with Crippen LogP contribution in [0.25, 0.3) is 5.65 Å². The topological polar surface area (TPSA) is 74.9 Å². The van der Waals surface area contributed by atoms with Crippen LogP contribution in [-0.4, -0.2) is 51.9 Å². The Morgan fingerprint density at radius 2 is 2.19 bits per heavy atom. The van der Waals surface area contributed by atoms with Crippen molar-refractivity contribution in [1.29, 1.82) is 0 Å². The minimum Gasteiger partial charge on any atom is -0.353 e. The Morgan fingerprint density at radius 1 is 1.30 bits per heavy atom. The fraction of sp³-hybridized carbons (Fsp3) is 0.474. The van der Waals surface area contributed by atoms with Crippen molar-refractivity contribution in [1.82, 2.24) is 19.9 Å². The number of nitrogens with zero attached hydrogens (tertiary/aromatic N) is 5. The molecule has 2 aromatic heterocycles. The van der Waals surface area contributed by atoms with E-state index >= 15 is 0 Å². The molecule has 0 spiro atoms. The van der Waals surface area contributed by atoms with E-state index in [4.69, 9.17) is 4.98 Å². The highest BCUT2D eigenvalue weighted by Gasteiger charge is 2.33.